The Bertz CT molecular complexity index is 409. The molecule has 2 N–H and O–H groups in total. The molecule has 0 aliphatic carbocycles. The molecule has 0 amide bonds. The number of hydrogen-bond donors (Lipinski definition) is 2. The van der Waals surface area contributed by atoms with Crippen LogP contribution in [0.3, 0.4) is 0 Å². The van der Waals surface area contributed by atoms with Crippen molar-refractivity contribution in [3.8, 4) is 0 Å². The van der Waals surface area contributed by atoms with Gasteiger partial charge in [-0.3, -0.25) is 0 Å². The van der Waals surface area contributed by atoms with Crippen LogP contribution >= 0.6 is 23.2 Å². The van der Waals surface area contributed by atoms with E-state index in [9.17, 15) is 0 Å². The van der Waals surface area contributed by atoms with Crippen LogP contribution in [0.25, 0.3) is 0 Å². The average molecular weight is 287 g/mol. The van der Waals surface area contributed by atoms with Gasteiger partial charge in [0.15, 0.2) is 0 Å². The Hall–Kier alpha value is -0.280. The van der Waals surface area contributed by atoms with Gasteiger partial charge in [-0.1, -0.05) is 36.2 Å². The molecular formula is C14H20Cl2N2. The predicted molar refractivity (Wildman–Crippen MR) is 78.5 cm³/mol. The molecule has 0 bridgehead atoms. The number of piperidine rings is 1. The number of hydrogen-bond acceptors (Lipinski definition) is 2. The summed E-state index contributed by atoms with van der Waals surface area (Å²) < 4.78 is 0. The minimum atomic E-state index is 0.250. The summed E-state index contributed by atoms with van der Waals surface area (Å²) >= 11 is 12.2. The third-order valence-corrected chi connectivity index (χ3v) is 4.24. The zero-order valence-electron chi connectivity index (χ0n) is 10.8. The topological polar surface area (TPSA) is 24.1 Å². The maximum absolute atomic E-state index is 6.24. The minimum Gasteiger partial charge on any atom is -0.316 e. The maximum atomic E-state index is 6.24. The van der Waals surface area contributed by atoms with Gasteiger partial charge in [-0.05, 0) is 50.0 Å². The van der Waals surface area contributed by atoms with E-state index in [2.05, 4.69) is 24.5 Å². The Morgan fingerprint density at radius 1 is 1.39 bits per heavy atom. The molecular weight excluding hydrogens is 267 g/mol. The van der Waals surface area contributed by atoms with Gasteiger partial charge < -0.3 is 10.6 Å². The summed E-state index contributed by atoms with van der Waals surface area (Å²) in [6, 6.07) is 6.51. The normalized spacial score (nSPS) is 26.0. The van der Waals surface area contributed by atoms with E-state index in [0.29, 0.717) is 17.0 Å². The molecule has 2 nitrogen and oxygen atoms in total. The molecule has 1 fully saturated rings. The molecule has 0 aromatic heterocycles. The first kappa shape index (κ1) is 14.1. The first-order chi connectivity index (χ1) is 8.58. The highest BCUT2D eigenvalue weighted by molar-refractivity contribution is 6.35. The highest BCUT2D eigenvalue weighted by atomic mass is 35.5. The second-order valence-electron chi connectivity index (χ2n) is 5.13. The molecule has 3 unspecified atom stereocenters. The van der Waals surface area contributed by atoms with Gasteiger partial charge in [0.2, 0.25) is 0 Å². The molecule has 3 atom stereocenters. The van der Waals surface area contributed by atoms with E-state index in [0.717, 1.165) is 30.1 Å². The standard InChI is InChI=1S/C14H20Cl2N2/c1-9-8-17-6-5-14(9)18-10(2)12-4-3-11(15)7-13(12)16/h3-4,7,9-10,14,17-18H,5-6,8H2,1-2H3. The predicted octanol–water partition coefficient (Wildman–Crippen LogP) is 3.64. The summed E-state index contributed by atoms with van der Waals surface area (Å²) in [5, 5.41) is 8.52. The molecule has 1 aromatic rings. The van der Waals surface area contributed by atoms with Crippen molar-refractivity contribution in [2.45, 2.75) is 32.4 Å². The lowest BCUT2D eigenvalue weighted by Crippen LogP contribution is -2.47. The molecule has 1 heterocycles. The van der Waals surface area contributed by atoms with Gasteiger partial charge in [0.25, 0.3) is 0 Å². The highest BCUT2D eigenvalue weighted by Gasteiger charge is 2.23. The molecule has 4 heteroatoms. The number of halogens is 2. The summed E-state index contributed by atoms with van der Waals surface area (Å²) in [6.45, 7) is 6.60. The van der Waals surface area contributed by atoms with E-state index < -0.39 is 0 Å². The van der Waals surface area contributed by atoms with Crippen LogP contribution in [0.15, 0.2) is 18.2 Å². The zero-order valence-corrected chi connectivity index (χ0v) is 12.4. The van der Waals surface area contributed by atoms with Crippen molar-refractivity contribution in [2.24, 2.45) is 5.92 Å². The van der Waals surface area contributed by atoms with Crippen LogP contribution in [-0.4, -0.2) is 19.1 Å². The second-order valence-corrected chi connectivity index (χ2v) is 5.97. The van der Waals surface area contributed by atoms with Gasteiger partial charge in [-0.15, -0.1) is 0 Å². The van der Waals surface area contributed by atoms with Crippen molar-refractivity contribution in [1.29, 1.82) is 0 Å². The summed E-state index contributed by atoms with van der Waals surface area (Å²) in [6.07, 6.45) is 1.16. The second kappa shape index (κ2) is 6.25. The van der Waals surface area contributed by atoms with Crippen LogP contribution < -0.4 is 10.6 Å². The molecule has 0 spiro atoms. The third kappa shape index (κ3) is 3.39. The lowest BCUT2D eigenvalue weighted by molar-refractivity contribution is 0.278. The highest BCUT2D eigenvalue weighted by Crippen LogP contribution is 2.27. The third-order valence-electron chi connectivity index (χ3n) is 3.68. The van der Waals surface area contributed by atoms with Crippen LogP contribution in [0.4, 0.5) is 0 Å². The van der Waals surface area contributed by atoms with Gasteiger partial charge in [0, 0.05) is 22.1 Å². The number of rotatable bonds is 3. The van der Waals surface area contributed by atoms with Crippen molar-refractivity contribution < 1.29 is 0 Å². The summed E-state index contributed by atoms with van der Waals surface area (Å²) in [5.74, 6) is 0.646. The summed E-state index contributed by atoms with van der Waals surface area (Å²) in [5.41, 5.74) is 1.12. The minimum absolute atomic E-state index is 0.250. The maximum Gasteiger partial charge on any atom is 0.0468 e. The fraction of sp³-hybridized carbons (Fsp3) is 0.571. The SMILES string of the molecule is CC(NC1CCNCC1C)c1ccc(Cl)cc1Cl. The van der Waals surface area contributed by atoms with Crippen molar-refractivity contribution in [3.63, 3.8) is 0 Å². The van der Waals surface area contributed by atoms with Crippen molar-refractivity contribution in [3.05, 3.63) is 33.8 Å². The fourth-order valence-corrected chi connectivity index (χ4v) is 3.10. The molecule has 1 aromatic carbocycles. The molecule has 1 saturated heterocycles. The van der Waals surface area contributed by atoms with Gasteiger partial charge in [0.1, 0.15) is 0 Å². The largest absolute Gasteiger partial charge is 0.316 e. The van der Waals surface area contributed by atoms with Crippen LogP contribution in [0.1, 0.15) is 31.9 Å². The molecule has 1 aliphatic heterocycles. The van der Waals surface area contributed by atoms with Gasteiger partial charge in [0.05, 0.1) is 0 Å². The molecule has 2 rings (SSSR count). The number of benzene rings is 1. The van der Waals surface area contributed by atoms with E-state index >= 15 is 0 Å². The Morgan fingerprint density at radius 3 is 2.83 bits per heavy atom. The molecule has 1 aliphatic rings. The Kier molecular flexibility index (Phi) is 4.91. The van der Waals surface area contributed by atoms with E-state index in [1.54, 1.807) is 0 Å². The van der Waals surface area contributed by atoms with Gasteiger partial charge in [-0.25, -0.2) is 0 Å². The van der Waals surface area contributed by atoms with Crippen molar-refractivity contribution in [2.75, 3.05) is 13.1 Å². The smallest absolute Gasteiger partial charge is 0.0468 e. The van der Waals surface area contributed by atoms with Crippen molar-refractivity contribution in [1.82, 2.24) is 10.6 Å². The molecule has 0 saturated carbocycles. The monoisotopic (exact) mass is 286 g/mol. The lowest BCUT2D eigenvalue weighted by Gasteiger charge is -2.33. The van der Waals surface area contributed by atoms with Crippen LogP contribution in [0, 0.1) is 5.92 Å². The van der Waals surface area contributed by atoms with E-state index in [-0.39, 0.29) is 6.04 Å². The Balaban J connectivity index is 2.04. The molecule has 100 valence electrons. The average Bonchev–Trinajstić information content (AvgIpc) is 2.32. The zero-order chi connectivity index (χ0) is 13.1. The summed E-state index contributed by atoms with van der Waals surface area (Å²) in [7, 11) is 0. The fourth-order valence-electron chi connectivity index (χ4n) is 2.53. The van der Waals surface area contributed by atoms with Gasteiger partial charge >= 0.3 is 0 Å². The van der Waals surface area contributed by atoms with Crippen LogP contribution in [0.2, 0.25) is 10.0 Å². The Morgan fingerprint density at radius 2 is 2.17 bits per heavy atom. The van der Waals surface area contributed by atoms with Crippen LogP contribution in [-0.2, 0) is 0 Å². The first-order valence-electron chi connectivity index (χ1n) is 6.49. The number of nitrogens with one attached hydrogen (secondary N) is 2. The summed E-state index contributed by atoms with van der Waals surface area (Å²) in [4.78, 5) is 0. The van der Waals surface area contributed by atoms with E-state index in [1.807, 2.05) is 18.2 Å². The van der Waals surface area contributed by atoms with Crippen molar-refractivity contribution >= 4 is 23.2 Å². The lowest BCUT2D eigenvalue weighted by atomic mass is 9.94. The first-order valence-corrected chi connectivity index (χ1v) is 7.25. The van der Waals surface area contributed by atoms with E-state index in [4.69, 9.17) is 23.2 Å². The van der Waals surface area contributed by atoms with Gasteiger partial charge in [-0.2, -0.15) is 0 Å². The van der Waals surface area contributed by atoms with E-state index in [1.165, 1.54) is 0 Å². The Labute approximate surface area is 119 Å². The molecule has 0 radical (unpaired) electrons. The van der Waals surface area contributed by atoms with Crippen LogP contribution in [0.5, 0.6) is 0 Å². The molecule has 18 heavy (non-hydrogen) atoms. The quantitative estimate of drug-likeness (QED) is 0.887.